The maximum absolute atomic E-state index is 10.8. The lowest BCUT2D eigenvalue weighted by atomic mass is 10.0. The third-order valence-electron chi connectivity index (χ3n) is 3.12. The number of aromatic nitrogens is 2. The molecule has 19 heavy (non-hydrogen) atoms. The predicted molar refractivity (Wildman–Crippen MR) is 73.2 cm³/mol. The van der Waals surface area contributed by atoms with Crippen LogP contribution in [0.25, 0.3) is 22.2 Å². The van der Waals surface area contributed by atoms with Gasteiger partial charge in [0.1, 0.15) is 0 Å². The van der Waals surface area contributed by atoms with Gasteiger partial charge in [-0.2, -0.15) is 5.10 Å². The molecule has 3 aromatic rings. The van der Waals surface area contributed by atoms with E-state index in [0.29, 0.717) is 0 Å². The monoisotopic (exact) mass is 252 g/mol. The Morgan fingerprint density at radius 2 is 1.89 bits per heavy atom. The van der Waals surface area contributed by atoms with Gasteiger partial charge in [0.15, 0.2) is 0 Å². The number of carboxylic acid groups (broad SMARTS) is 1. The molecule has 2 aromatic carbocycles. The van der Waals surface area contributed by atoms with E-state index < -0.39 is 5.97 Å². The van der Waals surface area contributed by atoms with Crippen LogP contribution in [0.3, 0.4) is 0 Å². The predicted octanol–water partition coefficient (Wildman–Crippen LogP) is 3.24. The number of carboxylic acids is 1. The summed E-state index contributed by atoms with van der Waals surface area (Å²) in [5, 5.41) is 17.2. The molecule has 4 heteroatoms. The van der Waals surface area contributed by atoms with Crippen LogP contribution >= 0.6 is 0 Å². The Kier molecular flexibility index (Phi) is 2.56. The van der Waals surface area contributed by atoms with Gasteiger partial charge in [-0.1, -0.05) is 23.8 Å². The van der Waals surface area contributed by atoms with Gasteiger partial charge in [0.25, 0.3) is 0 Å². The smallest absolute Gasteiger partial charge is 0.335 e. The SMILES string of the molecule is Cc1ccc2[nH]nc(-c3ccc(C(=O)O)cc3)c2c1. The van der Waals surface area contributed by atoms with Gasteiger partial charge < -0.3 is 5.11 Å². The zero-order valence-electron chi connectivity index (χ0n) is 10.3. The van der Waals surface area contributed by atoms with Crippen LogP contribution in [0.4, 0.5) is 0 Å². The molecule has 2 N–H and O–H groups in total. The van der Waals surface area contributed by atoms with E-state index in [1.165, 1.54) is 0 Å². The fourth-order valence-corrected chi connectivity index (χ4v) is 2.12. The van der Waals surface area contributed by atoms with Crippen LogP contribution < -0.4 is 0 Å². The minimum atomic E-state index is -0.922. The van der Waals surface area contributed by atoms with Gasteiger partial charge in [-0.3, -0.25) is 5.10 Å². The number of nitrogens with one attached hydrogen (secondary N) is 1. The van der Waals surface area contributed by atoms with Crippen LogP contribution in [-0.4, -0.2) is 21.3 Å². The summed E-state index contributed by atoms with van der Waals surface area (Å²) < 4.78 is 0. The topological polar surface area (TPSA) is 66.0 Å². The normalized spacial score (nSPS) is 10.8. The number of hydrogen-bond acceptors (Lipinski definition) is 2. The highest BCUT2D eigenvalue weighted by atomic mass is 16.4. The van der Waals surface area contributed by atoms with Gasteiger partial charge in [-0.05, 0) is 31.2 Å². The number of fused-ring (bicyclic) bond motifs is 1. The van der Waals surface area contributed by atoms with E-state index in [2.05, 4.69) is 16.3 Å². The minimum Gasteiger partial charge on any atom is -0.478 e. The lowest BCUT2D eigenvalue weighted by molar-refractivity contribution is 0.0697. The fourth-order valence-electron chi connectivity index (χ4n) is 2.12. The summed E-state index contributed by atoms with van der Waals surface area (Å²) in [7, 11) is 0. The number of nitrogens with zero attached hydrogens (tertiary/aromatic N) is 1. The first kappa shape index (κ1) is 11.5. The first-order valence-electron chi connectivity index (χ1n) is 5.93. The average Bonchev–Trinajstić information content (AvgIpc) is 2.81. The van der Waals surface area contributed by atoms with Crippen LogP contribution in [0, 0.1) is 6.92 Å². The number of aromatic amines is 1. The first-order valence-corrected chi connectivity index (χ1v) is 5.93. The molecule has 0 spiro atoms. The molecule has 1 aromatic heterocycles. The van der Waals surface area contributed by atoms with Crippen molar-refractivity contribution >= 4 is 16.9 Å². The van der Waals surface area contributed by atoms with Crippen molar-refractivity contribution in [3.05, 3.63) is 53.6 Å². The van der Waals surface area contributed by atoms with Crippen molar-refractivity contribution in [3.8, 4) is 11.3 Å². The molecule has 0 radical (unpaired) electrons. The third kappa shape index (κ3) is 1.97. The first-order chi connectivity index (χ1) is 9.15. The molecule has 0 bridgehead atoms. The summed E-state index contributed by atoms with van der Waals surface area (Å²) in [5.74, 6) is -0.922. The molecular formula is C15H12N2O2. The molecule has 0 aliphatic rings. The van der Waals surface area contributed by atoms with E-state index in [1.807, 2.05) is 19.1 Å². The van der Waals surface area contributed by atoms with Crippen LogP contribution in [0.15, 0.2) is 42.5 Å². The number of carbonyl (C=O) groups is 1. The summed E-state index contributed by atoms with van der Waals surface area (Å²) in [6.07, 6.45) is 0. The zero-order chi connectivity index (χ0) is 13.4. The van der Waals surface area contributed by atoms with Crippen LogP contribution in [0.1, 0.15) is 15.9 Å². The maximum Gasteiger partial charge on any atom is 0.335 e. The van der Waals surface area contributed by atoms with E-state index in [-0.39, 0.29) is 5.56 Å². The Morgan fingerprint density at radius 1 is 1.16 bits per heavy atom. The zero-order valence-corrected chi connectivity index (χ0v) is 10.3. The van der Waals surface area contributed by atoms with E-state index in [0.717, 1.165) is 27.7 Å². The highest BCUT2D eigenvalue weighted by Gasteiger charge is 2.09. The summed E-state index contributed by atoms with van der Waals surface area (Å²) in [6, 6.07) is 12.8. The molecule has 0 saturated carbocycles. The Balaban J connectivity index is 2.13. The average molecular weight is 252 g/mol. The highest BCUT2D eigenvalue weighted by molar-refractivity contribution is 5.94. The minimum absolute atomic E-state index is 0.278. The molecule has 1 heterocycles. The number of H-pyrrole nitrogens is 1. The molecule has 0 aliphatic heterocycles. The van der Waals surface area contributed by atoms with E-state index >= 15 is 0 Å². The second-order valence-corrected chi connectivity index (χ2v) is 4.50. The quantitative estimate of drug-likeness (QED) is 0.735. The van der Waals surface area contributed by atoms with Gasteiger partial charge in [-0.25, -0.2) is 4.79 Å². The van der Waals surface area contributed by atoms with Crippen molar-refractivity contribution in [1.82, 2.24) is 10.2 Å². The third-order valence-corrected chi connectivity index (χ3v) is 3.12. The number of aromatic carboxylic acids is 1. The molecule has 0 atom stereocenters. The Morgan fingerprint density at radius 3 is 2.58 bits per heavy atom. The van der Waals surface area contributed by atoms with Crippen molar-refractivity contribution in [1.29, 1.82) is 0 Å². The largest absolute Gasteiger partial charge is 0.478 e. The summed E-state index contributed by atoms with van der Waals surface area (Å²) in [6.45, 7) is 2.03. The Labute approximate surface area is 109 Å². The number of hydrogen-bond donors (Lipinski definition) is 2. The van der Waals surface area contributed by atoms with Gasteiger partial charge in [0, 0.05) is 10.9 Å². The van der Waals surface area contributed by atoms with Crippen LogP contribution in [-0.2, 0) is 0 Å². The number of rotatable bonds is 2. The second kappa shape index (κ2) is 4.24. The summed E-state index contributed by atoms with van der Waals surface area (Å²) in [5.41, 5.74) is 4.16. The molecule has 0 amide bonds. The molecular weight excluding hydrogens is 240 g/mol. The Bertz CT molecular complexity index is 757. The standard InChI is InChI=1S/C15H12N2O2/c1-9-2-7-13-12(8-9)14(17-16-13)10-3-5-11(6-4-10)15(18)19/h2-8H,1H3,(H,16,17)(H,18,19). The van der Waals surface area contributed by atoms with Gasteiger partial charge >= 0.3 is 5.97 Å². The van der Waals surface area contributed by atoms with Crippen molar-refractivity contribution in [3.63, 3.8) is 0 Å². The molecule has 0 aliphatic carbocycles. The van der Waals surface area contributed by atoms with E-state index in [4.69, 9.17) is 5.11 Å². The lowest BCUT2D eigenvalue weighted by Gasteiger charge is -2.00. The molecule has 4 nitrogen and oxygen atoms in total. The van der Waals surface area contributed by atoms with Gasteiger partial charge in [0.2, 0.25) is 0 Å². The summed E-state index contributed by atoms with van der Waals surface area (Å²) >= 11 is 0. The maximum atomic E-state index is 10.8. The van der Waals surface area contributed by atoms with Crippen molar-refractivity contribution in [2.75, 3.05) is 0 Å². The van der Waals surface area contributed by atoms with Gasteiger partial charge in [0.05, 0.1) is 16.8 Å². The van der Waals surface area contributed by atoms with Crippen LogP contribution in [0.2, 0.25) is 0 Å². The molecule has 0 fully saturated rings. The molecule has 3 rings (SSSR count). The highest BCUT2D eigenvalue weighted by Crippen LogP contribution is 2.27. The van der Waals surface area contributed by atoms with Crippen LogP contribution in [0.5, 0.6) is 0 Å². The van der Waals surface area contributed by atoms with Crippen molar-refractivity contribution in [2.24, 2.45) is 0 Å². The fraction of sp³-hybridized carbons (Fsp3) is 0.0667. The van der Waals surface area contributed by atoms with E-state index in [9.17, 15) is 4.79 Å². The molecule has 94 valence electrons. The van der Waals surface area contributed by atoms with E-state index in [1.54, 1.807) is 24.3 Å². The summed E-state index contributed by atoms with van der Waals surface area (Å²) in [4.78, 5) is 10.8. The second-order valence-electron chi connectivity index (χ2n) is 4.50. The number of benzene rings is 2. The lowest BCUT2D eigenvalue weighted by Crippen LogP contribution is -1.95. The van der Waals surface area contributed by atoms with Gasteiger partial charge in [-0.15, -0.1) is 0 Å². The Hall–Kier alpha value is -2.62. The number of aryl methyl sites for hydroxylation is 1. The van der Waals surface area contributed by atoms with Crippen molar-refractivity contribution in [2.45, 2.75) is 6.92 Å². The van der Waals surface area contributed by atoms with Crippen molar-refractivity contribution < 1.29 is 9.90 Å². The molecule has 0 saturated heterocycles. The molecule has 0 unspecified atom stereocenters.